The third kappa shape index (κ3) is 11.1. The molecular weight excluding hydrogens is 570 g/mol. The van der Waals surface area contributed by atoms with Gasteiger partial charge in [-0.15, -0.1) is 0 Å². The van der Waals surface area contributed by atoms with Gasteiger partial charge in [-0.2, -0.15) is 0 Å². The van der Waals surface area contributed by atoms with Crippen LogP contribution in [0.15, 0.2) is 24.3 Å². The molecule has 37 heavy (non-hydrogen) atoms. The van der Waals surface area contributed by atoms with E-state index in [0.29, 0.717) is 11.1 Å². The minimum absolute atomic E-state index is 0. The van der Waals surface area contributed by atoms with Gasteiger partial charge in [-0.25, -0.2) is 0 Å². The summed E-state index contributed by atoms with van der Waals surface area (Å²) in [4.78, 5) is 41.0. The molecule has 2 rings (SSSR count). The number of nitrogens with zero attached hydrogens (tertiary/aromatic N) is 2. The molecule has 0 atom stereocenters. The van der Waals surface area contributed by atoms with Crippen LogP contribution >= 0.6 is 15.2 Å². The number of hydrogen-bond acceptors (Lipinski definition) is 8. The zero-order valence-electron chi connectivity index (χ0n) is 20.5. The number of phenols is 2. The second-order valence-electron chi connectivity index (χ2n) is 8.90. The van der Waals surface area contributed by atoms with Gasteiger partial charge < -0.3 is 40.0 Å². The van der Waals surface area contributed by atoms with Crippen LogP contribution in [-0.4, -0.2) is 75.5 Å². The van der Waals surface area contributed by atoms with E-state index in [-0.39, 0.29) is 65.9 Å². The van der Waals surface area contributed by atoms with Crippen LogP contribution in [0.25, 0.3) is 0 Å². The molecule has 0 saturated heterocycles. The molecule has 0 heterocycles. The van der Waals surface area contributed by atoms with Crippen molar-refractivity contribution < 1.29 is 66.2 Å². The number of benzene rings is 2. The van der Waals surface area contributed by atoms with Gasteiger partial charge in [0.2, 0.25) is 0 Å². The molecule has 2 aromatic rings. The van der Waals surface area contributed by atoms with Gasteiger partial charge in [-0.1, -0.05) is 35.4 Å². The SMILES string of the molecule is Cc1cc(CO)c(O)c(CN(CCN(Cc2cc(C)cc(CO)c2O)CP(=O)(O)O)CP(=O)(O)O)c1.[Fe+2]. The van der Waals surface area contributed by atoms with Crippen molar-refractivity contribution in [1.29, 1.82) is 0 Å². The first-order chi connectivity index (χ1) is 16.6. The Kier molecular flexibility index (Phi) is 12.9. The number of aliphatic hydroxyl groups is 2. The molecule has 0 unspecified atom stereocenters. The van der Waals surface area contributed by atoms with Gasteiger partial charge in [0.15, 0.2) is 0 Å². The van der Waals surface area contributed by atoms with Crippen molar-refractivity contribution in [3.63, 3.8) is 0 Å². The molecule has 0 aliphatic carbocycles. The van der Waals surface area contributed by atoms with Gasteiger partial charge in [0.25, 0.3) is 0 Å². The van der Waals surface area contributed by atoms with Gasteiger partial charge in [0, 0.05) is 48.4 Å². The Balaban J connectivity index is 0.00000684. The van der Waals surface area contributed by atoms with E-state index >= 15 is 0 Å². The Morgan fingerprint density at radius 3 is 1.22 bits per heavy atom. The molecule has 0 aromatic heterocycles. The number of aliphatic hydroxyl groups excluding tert-OH is 2. The van der Waals surface area contributed by atoms with Crippen molar-refractivity contribution in [2.24, 2.45) is 0 Å². The maximum Gasteiger partial charge on any atom is 2.00 e. The van der Waals surface area contributed by atoms with Crippen molar-refractivity contribution in [2.75, 3.05) is 25.7 Å². The predicted molar refractivity (Wildman–Crippen MR) is 132 cm³/mol. The molecule has 0 aliphatic rings. The van der Waals surface area contributed by atoms with Gasteiger partial charge in [0.05, 0.1) is 13.2 Å². The van der Waals surface area contributed by atoms with E-state index in [2.05, 4.69) is 0 Å². The second-order valence-corrected chi connectivity index (χ2v) is 12.1. The van der Waals surface area contributed by atoms with E-state index in [4.69, 9.17) is 0 Å². The fourth-order valence-electron chi connectivity index (χ4n) is 4.04. The zero-order valence-corrected chi connectivity index (χ0v) is 23.4. The number of aromatic hydroxyl groups is 2. The van der Waals surface area contributed by atoms with Crippen molar-refractivity contribution in [1.82, 2.24) is 9.80 Å². The van der Waals surface area contributed by atoms with Crippen LogP contribution in [0.4, 0.5) is 0 Å². The van der Waals surface area contributed by atoms with Crippen molar-refractivity contribution >= 4 is 15.2 Å². The van der Waals surface area contributed by atoms with E-state index in [1.165, 1.54) is 9.80 Å². The van der Waals surface area contributed by atoms with Gasteiger partial charge >= 0.3 is 32.3 Å². The maximum atomic E-state index is 11.8. The van der Waals surface area contributed by atoms with Crippen LogP contribution in [0, 0.1) is 13.8 Å². The smallest absolute Gasteiger partial charge is 0.507 e. The molecular formula is C22H34FeN2O10P2+2. The Morgan fingerprint density at radius 1 is 0.649 bits per heavy atom. The van der Waals surface area contributed by atoms with Crippen LogP contribution < -0.4 is 0 Å². The molecule has 12 nitrogen and oxygen atoms in total. The Morgan fingerprint density at radius 2 is 0.946 bits per heavy atom. The summed E-state index contributed by atoms with van der Waals surface area (Å²) in [5.74, 6) is -0.404. The average molecular weight is 604 g/mol. The minimum atomic E-state index is -4.54. The fraction of sp³-hybridized carbons (Fsp3) is 0.455. The maximum absolute atomic E-state index is 11.8. The number of rotatable bonds is 13. The zero-order chi connectivity index (χ0) is 27.3. The van der Waals surface area contributed by atoms with E-state index in [1.807, 2.05) is 0 Å². The van der Waals surface area contributed by atoms with Crippen molar-refractivity contribution in [3.8, 4) is 11.5 Å². The molecule has 2 aromatic carbocycles. The van der Waals surface area contributed by atoms with Crippen LogP contribution in [0.5, 0.6) is 11.5 Å². The normalized spacial score (nSPS) is 12.3. The fourth-order valence-corrected chi connectivity index (χ4v) is 5.56. The molecule has 0 radical (unpaired) electrons. The van der Waals surface area contributed by atoms with Crippen molar-refractivity contribution in [2.45, 2.75) is 40.2 Å². The molecule has 8 N–H and O–H groups in total. The molecule has 0 spiro atoms. The number of hydrogen-bond donors (Lipinski definition) is 8. The summed E-state index contributed by atoms with van der Waals surface area (Å²) in [7, 11) is -9.08. The molecule has 0 saturated carbocycles. The average Bonchev–Trinajstić information content (AvgIpc) is 2.74. The molecule has 0 aliphatic heterocycles. The standard InChI is InChI=1S/C22H34N2O10P2.Fe/c1-15-5-17(21(27)19(7-15)11-25)9-23(13-35(29,30)31)3-4-24(14-36(32,33)34)10-18-6-16(2)8-20(12-26)22(18)28;/h5-8,25-28H,3-4,9-14H2,1-2H3,(H2,29,30,31)(H2,32,33,34);/q;+2. The third-order valence-corrected chi connectivity index (χ3v) is 6.99. The molecule has 0 fully saturated rings. The summed E-state index contributed by atoms with van der Waals surface area (Å²) in [6.45, 7) is 2.34. The van der Waals surface area contributed by atoms with Gasteiger partial charge in [0.1, 0.15) is 24.1 Å². The van der Waals surface area contributed by atoms with Gasteiger partial charge in [-0.3, -0.25) is 18.9 Å². The van der Waals surface area contributed by atoms with E-state index in [0.717, 1.165) is 11.1 Å². The van der Waals surface area contributed by atoms with E-state index < -0.39 is 41.0 Å². The quantitative estimate of drug-likeness (QED) is 0.120. The summed E-state index contributed by atoms with van der Waals surface area (Å²) in [6.07, 6.45) is -1.36. The monoisotopic (exact) mass is 604 g/mol. The number of aryl methyl sites for hydroxylation is 2. The topological polar surface area (TPSA) is 202 Å². The largest absolute Gasteiger partial charge is 2.00 e. The molecule has 0 amide bonds. The van der Waals surface area contributed by atoms with Gasteiger partial charge in [-0.05, 0) is 13.8 Å². The summed E-state index contributed by atoms with van der Waals surface area (Å²) in [5.41, 5.74) is 2.63. The van der Waals surface area contributed by atoms with Crippen LogP contribution in [0.1, 0.15) is 33.4 Å². The Bertz CT molecular complexity index is 1070. The molecule has 15 heteroatoms. The van der Waals surface area contributed by atoms with E-state index in [9.17, 15) is 49.1 Å². The van der Waals surface area contributed by atoms with E-state index in [1.54, 1.807) is 38.1 Å². The second kappa shape index (κ2) is 14.2. The first-order valence-electron chi connectivity index (χ1n) is 11.0. The summed E-state index contributed by atoms with van der Waals surface area (Å²) >= 11 is 0. The first-order valence-corrected chi connectivity index (χ1v) is 14.6. The molecule has 208 valence electrons. The molecule has 0 bridgehead atoms. The minimum Gasteiger partial charge on any atom is -0.507 e. The summed E-state index contributed by atoms with van der Waals surface area (Å²) < 4.78 is 23.6. The Labute approximate surface area is 226 Å². The first kappa shape index (κ1) is 33.7. The van der Waals surface area contributed by atoms with Crippen LogP contribution in [-0.2, 0) is 52.5 Å². The Hall–Kier alpha value is -1.30. The van der Waals surface area contributed by atoms with Crippen LogP contribution in [0.3, 0.4) is 0 Å². The van der Waals surface area contributed by atoms with Crippen LogP contribution in [0.2, 0.25) is 0 Å². The predicted octanol–water partition coefficient (Wildman–Crippen LogP) is 1.27. The summed E-state index contributed by atoms with van der Waals surface area (Å²) in [5, 5.41) is 39.9. The third-order valence-electron chi connectivity index (χ3n) is 5.45. The van der Waals surface area contributed by atoms with Crippen molar-refractivity contribution in [3.05, 3.63) is 57.6 Å². The summed E-state index contributed by atoms with van der Waals surface area (Å²) in [6, 6.07) is 6.41.